The van der Waals surface area contributed by atoms with Crippen molar-refractivity contribution >= 4 is 33.6 Å². The van der Waals surface area contributed by atoms with Crippen LogP contribution in [0.25, 0.3) is 21.8 Å². The maximum Gasteiger partial charge on any atom is 0.340 e. The van der Waals surface area contributed by atoms with Gasteiger partial charge in [0, 0.05) is 29.5 Å². The van der Waals surface area contributed by atoms with Crippen LogP contribution in [0.4, 0.5) is 5.82 Å². The zero-order valence-corrected chi connectivity index (χ0v) is 13.6. The normalized spacial score (nSPS) is 11.1. The Morgan fingerprint density at radius 2 is 1.80 bits per heavy atom. The first-order chi connectivity index (χ1) is 12.1. The quantitative estimate of drug-likeness (QED) is 0.583. The van der Waals surface area contributed by atoms with Gasteiger partial charge in [0.2, 0.25) is 0 Å². The number of anilines is 1. The van der Waals surface area contributed by atoms with Crippen LogP contribution in [0.5, 0.6) is 0 Å². The molecule has 2 aromatic heterocycles. The van der Waals surface area contributed by atoms with Crippen LogP contribution in [0.2, 0.25) is 0 Å². The highest BCUT2D eigenvalue weighted by molar-refractivity contribution is 6.04. The molecule has 0 aliphatic heterocycles. The predicted octanol–water partition coefficient (Wildman–Crippen LogP) is 3.06. The summed E-state index contributed by atoms with van der Waals surface area (Å²) in [6.45, 7) is -0.0307. The predicted molar refractivity (Wildman–Crippen MR) is 96.0 cm³/mol. The summed E-state index contributed by atoms with van der Waals surface area (Å²) in [6.07, 6.45) is 1.77. The highest BCUT2D eigenvalue weighted by Gasteiger charge is 2.16. The second-order valence-electron chi connectivity index (χ2n) is 5.79. The number of rotatable bonds is 3. The second-order valence-corrected chi connectivity index (χ2v) is 5.79. The Bertz CT molecular complexity index is 1100. The van der Waals surface area contributed by atoms with Crippen LogP contribution in [0.1, 0.15) is 16.2 Å². The standard InChI is InChI=1S/C19H16N4O2/c1-23-10-14(12-6-3-5-9-16(12)23)19(24)25-11-17-21-15-8-4-2-7-13(15)18(20)22-17/h2-10H,11H2,1H3,(H2,20,21,22). The minimum Gasteiger partial charge on any atom is -0.454 e. The van der Waals surface area contributed by atoms with E-state index >= 15 is 0 Å². The molecule has 0 aliphatic carbocycles. The summed E-state index contributed by atoms with van der Waals surface area (Å²) >= 11 is 0. The molecule has 0 atom stereocenters. The van der Waals surface area contributed by atoms with Gasteiger partial charge in [-0.1, -0.05) is 30.3 Å². The second kappa shape index (κ2) is 5.90. The molecule has 0 aliphatic rings. The molecule has 0 saturated heterocycles. The van der Waals surface area contributed by atoms with Crippen LogP contribution < -0.4 is 5.73 Å². The third kappa shape index (κ3) is 2.67. The number of hydrogen-bond donors (Lipinski definition) is 1. The summed E-state index contributed by atoms with van der Waals surface area (Å²) in [5.74, 6) is 0.346. The molecule has 6 nitrogen and oxygen atoms in total. The van der Waals surface area contributed by atoms with Crippen LogP contribution in [0, 0.1) is 0 Å². The van der Waals surface area contributed by atoms with Gasteiger partial charge in [0.15, 0.2) is 12.4 Å². The molecule has 0 saturated carbocycles. The van der Waals surface area contributed by atoms with Crippen molar-refractivity contribution in [1.82, 2.24) is 14.5 Å². The number of aryl methyl sites for hydroxylation is 1. The third-order valence-electron chi connectivity index (χ3n) is 4.13. The Labute approximate surface area is 143 Å². The average molecular weight is 332 g/mol. The number of nitrogens with two attached hydrogens (primary N) is 1. The SMILES string of the molecule is Cn1cc(C(=O)OCc2nc(N)c3ccccc3n2)c2ccccc21. The van der Waals surface area contributed by atoms with E-state index in [4.69, 9.17) is 10.5 Å². The van der Waals surface area contributed by atoms with E-state index in [2.05, 4.69) is 9.97 Å². The van der Waals surface area contributed by atoms with Crippen molar-refractivity contribution in [3.8, 4) is 0 Å². The monoisotopic (exact) mass is 332 g/mol. The lowest BCUT2D eigenvalue weighted by molar-refractivity contribution is 0.0465. The van der Waals surface area contributed by atoms with Gasteiger partial charge in [0.25, 0.3) is 0 Å². The number of esters is 1. The van der Waals surface area contributed by atoms with Gasteiger partial charge in [0.1, 0.15) is 5.82 Å². The summed E-state index contributed by atoms with van der Waals surface area (Å²) in [4.78, 5) is 21.1. The molecule has 0 spiro atoms. The molecule has 4 rings (SSSR count). The first kappa shape index (κ1) is 15.1. The fourth-order valence-electron chi connectivity index (χ4n) is 2.93. The van der Waals surface area contributed by atoms with Gasteiger partial charge in [-0.2, -0.15) is 0 Å². The lowest BCUT2D eigenvalue weighted by Gasteiger charge is -2.06. The van der Waals surface area contributed by atoms with Crippen LogP contribution in [-0.4, -0.2) is 20.5 Å². The molecule has 25 heavy (non-hydrogen) atoms. The molecule has 6 heteroatoms. The van der Waals surface area contributed by atoms with Crippen LogP contribution in [0.15, 0.2) is 54.7 Å². The fourth-order valence-corrected chi connectivity index (χ4v) is 2.93. The Morgan fingerprint density at radius 1 is 1.08 bits per heavy atom. The highest BCUT2D eigenvalue weighted by Crippen LogP contribution is 2.22. The maximum atomic E-state index is 12.5. The topological polar surface area (TPSA) is 83.0 Å². The van der Waals surface area contributed by atoms with Gasteiger partial charge in [0.05, 0.1) is 11.1 Å². The van der Waals surface area contributed by atoms with E-state index in [-0.39, 0.29) is 6.61 Å². The van der Waals surface area contributed by atoms with Crippen molar-refractivity contribution in [3.63, 3.8) is 0 Å². The van der Waals surface area contributed by atoms with E-state index in [1.807, 2.05) is 60.1 Å². The Kier molecular flexibility index (Phi) is 3.57. The van der Waals surface area contributed by atoms with E-state index in [9.17, 15) is 4.79 Å². The molecule has 2 heterocycles. The van der Waals surface area contributed by atoms with Gasteiger partial charge in [-0.15, -0.1) is 0 Å². The number of carbonyl (C=O) groups is 1. The zero-order valence-electron chi connectivity index (χ0n) is 13.6. The van der Waals surface area contributed by atoms with Crippen LogP contribution in [-0.2, 0) is 18.4 Å². The molecule has 4 aromatic rings. The lowest BCUT2D eigenvalue weighted by Crippen LogP contribution is -2.08. The van der Waals surface area contributed by atoms with E-state index in [0.29, 0.717) is 17.2 Å². The summed E-state index contributed by atoms with van der Waals surface area (Å²) < 4.78 is 7.31. The number of nitrogens with zero attached hydrogens (tertiary/aromatic N) is 3. The number of para-hydroxylation sites is 2. The van der Waals surface area contributed by atoms with Gasteiger partial charge in [-0.05, 0) is 18.2 Å². The minimum atomic E-state index is -0.410. The van der Waals surface area contributed by atoms with Crippen molar-refractivity contribution in [3.05, 3.63) is 66.1 Å². The largest absolute Gasteiger partial charge is 0.454 e. The van der Waals surface area contributed by atoms with Crippen molar-refractivity contribution in [2.45, 2.75) is 6.61 Å². The van der Waals surface area contributed by atoms with Crippen molar-refractivity contribution in [1.29, 1.82) is 0 Å². The molecular weight excluding hydrogens is 316 g/mol. The summed E-state index contributed by atoms with van der Waals surface area (Å²) in [7, 11) is 1.90. The lowest BCUT2D eigenvalue weighted by atomic mass is 10.2. The Hall–Kier alpha value is -3.41. The smallest absolute Gasteiger partial charge is 0.340 e. The highest BCUT2D eigenvalue weighted by atomic mass is 16.5. The molecule has 0 amide bonds. The number of benzene rings is 2. The van der Waals surface area contributed by atoms with Gasteiger partial charge < -0.3 is 15.0 Å². The van der Waals surface area contributed by atoms with Crippen molar-refractivity contribution in [2.24, 2.45) is 7.05 Å². The van der Waals surface area contributed by atoms with Crippen LogP contribution >= 0.6 is 0 Å². The number of nitrogen functional groups attached to an aromatic ring is 1. The Balaban J connectivity index is 1.59. The third-order valence-corrected chi connectivity index (χ3v) is 4.13. The maximum absolute atomic E-state index is 12.5. The van der Waals surface area contributed by atoms with Gasteiger partial charge in [-0.3, -0.25) is 0 Å². The van der Waals surface area contributed by atoms with E-state index in [1.165, 1.54) is 0 Å². The number of ether oxygens (including phenoxy) is 1. The summed E-state index contributed by atoms with van der Waals surface area (Å²) in [6, 6.07) is 15.1. The van der Waals surface area contributed by atoms with Crippen molar-refractivity contribution in [2.75, 3.05) is 5.73 Å². The molecule has 0 radical (unpaired) electrons. The molecule has 124 valence electrons. The first-order valence-electron chi connectivity index (χ1n) is 7.86. The molecule has 2 aromatic carbocycles. The van der Waals surface area contributed by atoms with E-state index in [1.54, 1.807) is 6.20 Å². The van der Waals surface area contributed by atoms with Gasteiger partial charge in [-0.25, -0.2) is 14.8 Å². The number of carbonyl (C=O) groups excluding carboxylic acids is 1. The molecule has 0 bridgehead atoms. The molecule has 0 unspecified atom stereocenters. The molecule has 0 fully saturated rings. The van der Waals surface area contributed by atoms with Gasteiger partial charge >= 0.3 is 5.97 Å². The summed E-state index contributed by atoms with van der Waals surface area (Å²) in [5, 5.41) is 1.64. The van der Waals surface area contributed by atoms with E-state index < -0.39 is 5.97 Å². The number of aromatic nitrogens is 3. The zero-order chi connectivity index (χ0) is 17.4. The fraction of sp³-hybridized carbons (Fsp3) is 0.105. The van der Waals surface area contributed by atoms with Crippen molar-refractivity contribution < 1.29 is 9.53 Å². The van der Waals surface area contributed by atoms with E-state index in [0.717, 1.165) is 21.8 Å². The number of fused-ring (bicyclic) bond motifs is 2. The summed E-state index contributed by atoms with van der Waals surface area (Å²) in [5.41, 5.74) is 8.18. The minimum absolute atomic E-state index is 0.0307. The number of hydrogen-bond acceptors (Lipinski definition) is 5. The molecule has 2 N–H and O–H groups in total. The molecular formula is C19H16N4O2. The Morgan fingerprint density at radius 3 is 2.64 bits per heavy atom. The first-order valence-corrected chi connectivity index (χ1v) is 7.86. The average Bonchev–Trinajstić information content (AvgIpc) is 2.97. The van der Waals surface area contributed by atoms with Crippen LogP contribution in [0.3, 0.4) is 0 Å².